The van der Waals surface area contributed by atoms with Crippen molar-refractivity contribution in [1.82, 2.24) is 5.32 Å². The van der Waals surface area contributed by atoms with Gasteiger partial charge >= 0.3 is 0 Å². The molecular formula is C13H19NO4S. The van der Waals surface area contributed by atoms with Crippen LogP contribution in [0.3, 0.4) is 0 Å². The highest BCUT2D eigenvalue weighted by Gasteiger charge is 2.29. The molecular weight excluding hydrogens is 266 g/mol. The quantitative estimate of drug-likeness (QED) is 0.821. The van der Waals surface area contributed by atoms with Gasteiger partial charge in [-0.15, -0.1) is 0 Å². The summed E-state index contributed by atoms with van der Waals surface area (Å²) in [4.78, 5) is 0.435. The summed E-state index contributed by atoms with van der Waals surface area (Å²) in [5.41, 5.74) is 0.833. The third-order valence-corrected chi connectivity index (χ3v) is 5.18. The highest BCUT2D eigenvalue weighted by molar-refractivity contribution is 7.91. The molecule has 1 heterocycles. The van der Waals surface area contributed by atoms with E-state index in [9.17, 15) is 8.42 Å². The maximum Gasteiger partial charge on any atom is 0.178 e. The van der Waals surface area contributed by atoms with E-state index < -0.39 is 9.84 Å². The van der Waals surface area contributed by atoms with Crippen molar-refractivity contribution >= 4 is 9.84 Å². The Morgan fingerprint density at radius 3 is 2.68 bits per heavy atom. The van der Waals surface area contributed by atoms with Crippen LogP contribution in [-0.4, -0.2) is 41.2 Å². The predicted molar refractivity (Wildman–Crippen MR) is 71.7 cm³/mol. The van der Waals surface area contributed by atoms with Crippen molar-refractivity contribution in [2.75, 3.05) is 26.5 Å². The van der Waals surface area contributed by atoms with E-state index in [0.29, 0.717) is 17.9 Å². The molecule has 19 heavy (non-hydrogen) atoms. The first-order valence-corrected chi connectivity index (χ1v) is 7.84. The summed E-state index contributed by atoms with van der Waals surface area (Å²) in [6, 6.07) is 7.17. The first-order chi connectivity index (χ1) is 9.08. The van der Waals surface area contributed by atoms with Crippen molar-refractivity contribution < 1.29 is 17.9 Å². The van der Waals surface area contributed by atoms with Crippen LogP contribution in [0.1, 0.15) is 18.0 Å². The molecule has 106 valence electrons. The summed E-state index contributed by atoms with van der Waals surface area (Å²) >= 11 is 0. The maximum absolute atomic E-state index is 12.0. The Morgan fingerprint density at radius 1 is 1.32 bits per heavy atom. The Hall–Kier alpha value is -0.950. The molecule has 0 saturated heterocycles. The molecule has 1 aliphatic rings. The van der Waals surface area contributed by atoms with Gasteiger partial charge in [0.25, 0.3) is 0 Å². The molecule has 1 aromatic rings. The second-order valence-corrected chi connectivity index (χ2v) is 6.58. The number of hydrogen-bond acceptors (Lipinski definition) is 5. The second-order valence-electron chi connectivity index (χ2n) is 4.51. The lowest BCUT2D eigenvalue weighted by molar-refractivity contribution is -0.1000. The molecule has 0 aromatic heterocycles. The SMILES string of the molecule is COC(CNC1CCS(=O)(=O)c2ccccc21)OC. The summed E-state index contributed by atoms with van der Waals surface area (Å²) in [6.45, 7) is 0.520. The summed E-state index contributed by atoms with van der Waals surface area (Å²) in [5.74, 6) is 0.173. The topological polar surface area (TPSA) is 64.6 Å². The van der Waals surface area contributed by atoms with Crippen molar-refractivity contribution in [1.29, 1.82) is 0 Å². The van der Waals surface area contributed by atoms with E-state index in [4.69, 9.17) is 9.47 Å². The minimum atomic E-state index is -3.13. The molecule has 2 rings (SSSR count). The standard InChI is InChI=1S/C13H19NO4S/c1-17-13(18-2)9-14-11-7-8-19(15,16)12-6-4-3-5-10(11)12/h3-6,11,13-14H,7-9H2,1-2H3. The number of ether oxygens (including phenoxy) is 2. The van der Waals surface area contributed by atoms with E-state index in [0.717, 1.165) is 5.56 Å². The largest absolute Gasteiger partial charge is 0.355 e. The van der Waals surface area contributed by atoms with Crippen molar-refractivity contribution in [3.05, 3.63) is 29.8 Å². The fourth-order valence-electron chi connectivity index (χ4n) is 2.30. The molecule has 6 heteroatoms. The van der Waals surface area contributed by atoms with Crippen molar-refractivity contribution in [3.8, 4) is 0 Å². The number of nitrogens with one attached hydrogen (secondary N) is 1. The summed E-state index contributed by atoms with van der Waals surface area (Å²) < 4.78 is 34.2. The van der Waals surface area contributed by atoms with Gasteiger partial charge < -0.3 is 14.8 Å². The van der Waals surface area contributed by atoms with Crippen molar-refractivity contribution in [2.45, 2.75) is 23.6 Å². The molecule has 1 N–H and O–H groups in total. The molecule has 1 aromatic carbocycles. The van der Waals surface area contributed by atoms with Crippen molar-refractivity contribution in [2.24, 2.45) is 0 Å². The predicted octanol–water partition coefficient (Wildman–Crippen LogP) is 1.11. The number of sulfone groups is 1. The first-order valence-electron chi connectivity index (χ1n) is 6.19. The average molecular weight is 285 g/mol. The van der Waals surface area contributed by atoms with E-state index in [-0.39, 0.29) is 18.1 Å². The molecule has 0 fully saturated rings. The Morgan fingerprint density at radius 2 is 2.00 bits per heavy atom. The Bertz CT molecular complexity index is 525. The van der Waals surface area contributed by atoms with Crippen LogP contribution in [0.15, 0.2) is 29.2 Å². The molecule has 0 aliphatic carbocycles. The zero-order valence-electron chi connectivity index (χ0n) is 11.1. The summed E-state index contributed by atoms with van der Waals surface area (Å²) in [7, 11) is 0.0298. The van der Waals surface area contributed by atoms with Crippen LogP contribution in [0.25, 0.3) is 0 Å². The van der Waals surface area contributed by atoms with Gasteiger partial charge in [0.1, 0.15) is 0 Å². The zero-order chi connectivity index (χ0) is 13.9. The van der Waals surface area contributed by atoms with Crippen LogP contribution < -0.4 is 5.32 Å². The molecule has 0 saturated carbocycles. The Balaban J connectivity index is 2.16. The fourth-order valence-corrected chi connectivity index (χ4v) is 3.92. The first kappa shape index (κ1) is 14.5. The third kappa shape index (κ3) is 3.14. The van der Waals surface area contributed by atoms with Crippen LogP contribution >= 0.6 is 0 Å². The summed E-state index contributed by atoms with van der Waals surface area (Å²) in [5, 5.41) is 3.30. The number of methoxy groups -OCH3 is 2. The fraction of sp³-hybridized carbons (Fsp3) is 0.538. The lowest BCUT2D eigenvalue weighted by Gasteiger charge is -2.27. The maximum atomic E-state index is 12.0. The number of rotatable bonds is 5. The van der Waals surface area contributed by atoms with Gasteiger partial charge in [0, 0.05) is 26.8 Å². The van der Waals surface area contributed by atoms with E-state index in [1.54, 1.807) is 26.4 Å². The van der Waals surface area contributed by atoms with Crippen LogP contribution in [0.5, 0.6) is 0 Å². The van der Waals surface area contributed by atoms with Crippen LogP contribution in [0.2, 0.25) is 0 Å². The third-order valence-electron chi connectivity index (χ3n) is 3.36. The average Bonchev–Trinajstić information content (AvgIpc) is 2.42. The second kappa shape index (κ2) is 6.00. The highest BCUT2D eigenvalue weighted by Crippen LogP contribution is 2.31. The Kier molecular flexibility index (Phi) is 4.57. The molecule has 0 bridgehead atoms. The van der Waals surface area contributed by atoms with Crippen LogP contribution in [-0.2, 0) is 19.3 Å². The molecule has 1 aliphatic heterocycles. The molecule has 0 spiro atoms. The van der Waals surface area contributed by atoms with Crippen molar-refractivity contribution in [3.63, 3.8) is 0 Å². The van der Waals surface area contributed by atoms with Gasteiger partial charge in [-0.25, -0.2) is 8.42 Å². The van der Waals surface area contributed by atoms with E-state index >= 15 is 0 Å². The van der Waals surface area contributed by atoms with Gasteiger partial charge in [-0.3, -0.25) is 0 Å². The van der Waals surface area contributed by atoms with Gasteiger partial charge in [0.2, 0.25) is 0 Å². The van der Waals surface area contributed by atoms with Crippen LogP contribution in [0, 0.1) is 0 Å². The lowest BCUT2D eigenvalue weighted by Crippen LogP contribution is -2.36. The molecule has 5 nitrogen and oxygen atoms in total. The van der Waals surface area contributed by atoms with Gasteiger partial charge in [-0.2, -0.15) is 0 Å². The van der Waals surface area contributed by atoms with Crippen LogP contribution in [0.4, 0.5) is 0 Å². The van der Waals surface area contributed by atoms with E-state index in [2.05, 4.69) is 5.32 Å². The minimum Gasteiger partial charge on any atom is -0.355 e. The molecule has 1 unspecified atom stereocenters. The normalized spacial score (nSPS) is 21.3. The number of benzene rings is 1. The lowest BCUT2D eigenvalue weighted by atomic mass is 10.0. The van der Waals surface area contributed by atoms with E-state index in [1.807, 2.05) is 12.1 Å². The molecule has 1 atom stereocenters. The minimum absolute atomic E-state index is 0.0209. The number of fused-ring (bicyclic) bond motifs is 1. The molecule has 0 radical (unpaired) electrons. The van der Waals surface area contributed by atoms with E-state index in [1.165, 1.54) is 0 Å². The Labute approximate surface area is 113 Å². The highest BCUT2D eigenvalue weighted by atomic mass is 32.2. The zero-order valence-corrected chi connectivity index (χ0v) is 11.9. The smallest absolute Gasteiger partial charge is 0.178 e. The monoisotopic (exact) mass is 285 g/mol. The molecule has 0 amide bonds. The summed E-state index contributed by atoms with van der Waals surface area (Å²) in [6.07, 6.45) is 0.241. The van der Waals surface area contributed by atoms with Gasteiger partial charge in [-0.1, -0.05) is 18.2 Å². The van der Waals surface area contributed by atoms with Gasteiger partial charge in [0.15, 0.2) is 16.1 Å². The van der Waals surface area contributed by atoms with Gasteiger partial charge in [-0.05, 0) is 18.1 Å². The van der Waals surface area contributed by atoms with Gasteiger partial charge in [0.05, 0.1) is 10.6 Å². The number of hydrogen-bond donors (Lipinski definition) is 1.